The van der Waals surface area contributed by atoms with Crippen LogP contribution in [0.3, 0.4) is 0 Å². The second-order valence-electron chi connectivity index (χ2n) is 3.14. The summed E-state index contributed by atoms with van der Waals surface area (Å²) in [6.45, 7) is 12.1. The third kappa shape index (κ3) is 17.0. The molecule has 0 unspecified atom stereocenters. The van der Waals surface area contributed by atoms with Crippen molar-refractivity contribution in [2.24, 2.45) is 0 Å². The van der Waals surface area contributed by atoms with Crippen LogP contribution in [0.4, 0.5) is 0 Å². The molecule has 0 bridgehead atoms. The number of carboxylic acids is 2. The Balaban J connectivity index is 0. The standard InChI is InChI=1S/2C5H8O2.C2H4O/c2*1-3-4(2)5(6)7;1-2-3-1/h2*2-3H2,1H3,(H,6,7);1-2H2. The van der Waals surface area contributed by atoms with E-state index in [9.17, 15) is 9.59 Å². The van der Waals surface area contributed by atoms with E-state index in [0.29, 0.717) is 12.8 Å². The highest BCUT2D eigenvalue weighted by atomic mass is 16.6. The van der Waals surface area contributed by atoms with Gasteiger partial charge in [-0.05, 0) is 12.8 Å². The molecule has 98 valence electrons. The summed E-state index contributed by atoms with van der Waals surface area (Å²) >= 11 is 0. The van der Waals surface area contributed by atoms with Gasteiger partial charge in [-0.25, -0.2) is 9.59 Å². The Morgan fingerprint density at radius 1 is 1.00 bits per heavy atom. The van der Waals surface area contributed by atoms with E-state index in [0.717, 1.165) is 13.2 Å². The average molecular weight is 244 g/mol. The van der Waals surface area contributed by atoms with Gasteiger partial charge in [-0.15, -0.1) is 0 Å². The predicted molar refractivity (Wildman–Crippen MR) is 65.0 cm³/mol. The lowest BCUT2D eigenvalue weighted by Gasteiger charge is -1.87. The number of hydrogen-bond acceptors (Lipinski definition) is 3. The third-order valence-corrected chi connectivity index (χ3v) is 1.66. The van der Waals surface area contributed by atoms with E-state index in [1.165, 1.54) is 0 Å². The molecule has 0 amide bonds. The van der Waals surface area contributed by atoms with Gasteiger partial charge in [-0.3, -0.25) is 0 Å². The van der Waals surface area contributed by atoms with E-state index in [2.05, 4.69) is 17.9 Å². The number of aliphatic carboxylic acids is 2. The number of rotatable bonds is 4. The van der Waals surface area contributed by atoms with Crippen molar-refractivity contribution in [1.29, 1.82) is 0 Å². The first kappa shape index (κ1) is 17.8. The van der Waals surface area contributed by atoms with Gasteiger partial charge in [-0.1, -0.05) is 27.0 Å². The van der Waals surface area contributed by atoms with Crippen LogP contribution in [0.25, 0.3) is 0 Å². The van der Waals surface area contributed by atoms with Crippen LogP contribution in [0, 0.1) is 0 Å². The first-order valence-corrected chi connectivity index (χ1v) is 5.26. The molecule has 0 spiro atoms. The maximum Gasteiger partial charge on any atom is 0.330 e. The van der Waals surface area contributed by atoms with Crippen molar-refractivity contribution in [1.82, 2.24) is 0 Å². The first-order valence-electron chi connectivity index (χ1n) is 5.26. The minimum Gasteiger partial charge on any atom is -0.478 e. The maximum atomic E-state index is 9.83. The van der Waals surface area contributed by atoms with E-state index >= 15 is 0 Å². The third-order valence-electron chi connectivity index (χ3n) is 1.66. The topological polar surface area (TPSA) is 87.1 Å². The Morgan fingerprint density at radius 3 is 1.24 bits per heavy atom. The summed E-state index contributed by atoms with van der Waals surface area (Å²) in [6.07, 6.45) is 1.05. The Bertz CT molecular complexity index is 250. The molecule has 0 aromatic heterocycles. The first-order chi connectivity index (χ1) is 7.86. The molecule has 17 heavy (non-hydrogen) atoms. The van der Waals surface area contributed by atoms with Gasteiger partial charge < -0.3 is 14.9 Å². The fourth-order valence-corrected chi connectivity index (χ4v) is 0.302. The SMILES string of the molecule is C1CO1.C=C(CC)C(=O)O.C=C(CC)C(=O)O. The second-order valence-corrected chi connectivity index (χ2v) is 3.14. The van der Waals surface area contributed by atoms with Crippen molar-refractivity contribution in [2.75, 3.05) is 13.2 Å². The molecule has 1 aliphatic heterocycles. The largest absolute Gasteiger partial charge is 0.478 e. The van der Waals surface area contributed by atoms with Gasteiger partial charge in [0, 0.05) is 11.1 Å². The minimum atomic E-state index is -0.900. The summed E-state index contributed by atoms with van der Waals surface area (Å²) in [6, 6.07) is 0. The number of ether oxygens (including phenoxy) is 1. The molecule has 0 aromatic carbocycles. The fourth-order valence-electron chi connectivity index (χ4n) is 0.302. The molecule has 2 N–H and O–H groups in total. The molecule has 1 aliphatic rings. The van der Waals surface area contributed by atoms with Crippen LogP contribution in [0.5, 0.6) is 0 Å². The molecule has 0 saturated carbocycles. The van der Waals surface area contributed by atoms with E-state index in [1.807, 2.05) is 0 Å². The van der Waals surface area contributed by atoms with Crippen LogP contribution >= 0.6 is 0 Å². The Morgan fingerprint density at radius 2 is 1.24 bits per heavy atom. The van der Waals surface area contributed by atoms with Crippen molar-refractivity contribution >= 4 is 11.9 Å². The van der Waals surface area contributed by atoms with Gasteiger partial charge in [0.25, 0.3) is 0 Å². The molecule has 0 atom stereocenters. The molecular formula is C12H20O5. The number of hydrogen-bond donors (Lipinski definition) is 2. The molecule has 1 saturated heterocycles. The van der Waals surface area contributed by atoms with Crippen molar-refractivity contribution in [3.05, 3.63) is 24.3 Å². The summed E-state index contributed by atoms with van der Waals surface area (Å²) < 4.78 is 4.50. The lowest BCUT2D eigenvalue weighted by atomic mass is 10.2. The van der Waals surface area contributed by atoms with Crippen LogP contribution in [-0.2, 0) is 14.3 Å². The zero-order valence-electron chi connectivity index (χ0n) is 10.4. The highest BCUT2D eigenvalue weighted by Crippen LogP contribution is 1.93. The normalized spacial score (nSPS) is 10.9. The number of carbonyl (C=O) groups is 2. The number of carboxylic acid groups (broad SMARTS) is 2. The van der Waals surface area contributed by atoms with Crippen LogP contribution in [0.1, 0.15) is 26.7 Å². The zero-order chi connectivity index (χ0) is 13.8. The van der Waals surface area contributed by atoms with Crippen LogP contribution in [0.15, 0.2) is 24.3 Å². The molecule has 1 heterocycles. The highest BCUT2D eigenvalue weighted by molar-refractivity contribution is 5.85. The van der Waals surface area contributed by atoms with Gasteiger partial charge in [0.15, 0.2) is 0 Å². The van der Waals surface area contributed by atoms with Crippen molar-refractivity contribution in [3.63, 3.8) is 0 Å². The van der Waals surface area contributed by atoms with Gasteiger partial charge in [0.05, 0.1) is 13.2 Å². The van der Waals surface area contributed by atoms with Crippen molar-refractivity contribution in [2.45, 2.75) is 26.7 Å². The van der Waals surface area contributed by atoms with Gasteiger partial charge in [-0.2, -0.15) is 0 Å². The molecule has 1 rings (SSSR count). The average Bonchev–Trinajstić information content (AvgIpc) is 3.14. The Labute approximate surface area is 101 Å². The quantitative estimate of drug-likeness (QED) is 0.584. The lowest BCUT2D eigenvalue weighted by molar-refractivity contribution is -0.133. The Hall–Kier alpha value is -1.62. The molecule has 0 aliphatic carbocycles. The summed E-state index contributed by atoms with van der Waals surface area (Å²) in [7, 11) is 0. The second kappa shape index (κ2) is 10.9. The molecule has 0 aromatic rings. The molecular weight excluding hydrogens is 224 g/mol. The van der Waals surface area contributed by atoms with Crippen LogP contribution < -0.4 is 0 Å². The Kier molecular flexibility index (Phi) is 11.4. The van der Waals surface area contributed by atoms with E-state index in [1.54, 1.807) is 13.8 Å². The van der Waals surface area contributed by atoms with Gasteiger partial charge >= 0.3 is 11.9 Å². The van der Waals surface area contributed by atoms with Crippen molar-refractivity contribution in [3.8, 4) is 0 Å². The van der Waals surface area contributed by atoms with Crippen molar-refractivity contribution < 1.29 is 24.5 Å². The summed E-state index contributed by atoms with van der Waals surface area (Å²) in [5.41, 5.74) is 0.528. The van der Waals surface area contributed by atoms with Gasteiger partial charge in [0.1, 0.15) is 0 Å². The summed E-state index contributed by atoms with van der Waals surface area (Å²) in [5.74, 6) is -1.80. The summed E-state index contributed by atoms with van der Waals surface area (Å²) in [5, 5.41) is 16.2. The van der Waals surface area contributed by atoms with Crippen LogP contribution in [-0.4, -0.2) is 35.4 Å². The smallest absolute Gasteiger partial charge is 0.330 e. The minimum absolute atomic E-state index is 0.264. The van der Waals surface area contributed by atoms with E-state index < -0.39 is 11.9 Å². The predicted octanol–water partition coefficient (Wildman–Crippen LogP) is 2.09. The molecule has 1 fully saturated rings. The van der Waals surface area contributed by atoms with E-state index in [4.69, 9.17) is 10.2 Å². The molecule has 0 radical (unpaired) electrons. The monoisotopic (exact) mass is 244 g/mol. The highest BCUT2D eigenvalue weighted by Gasteiger charge is 1.97. The number of epoxide rings is 1. The fraction of sp³-hybridized carbons (Fsp3) is 0.500. The summed E-state index contributed by atoms with van der Waals surface area (Å²) in [4.78, 5) is 19.7. The van der Waals surface area contributed by atoms with Crippen LogP contribution in [0.2, 0.25) is 0 Å². The lowest BCUT2D eigenvalue weighted by Crippen LogP contribution is -1.95. The zero-order valence-corrected chi connectivity index (χ0v) is 10.4. The molecule has 5 nitrogen and oxygen atoms in total. The maximum absolute atomic E-state index is 9.83. The molecule has 5 heteroatoms. The van der Waals surface area contributed by atoms with E-state index in [-0.39, 0.29) is 11.1 Å². The van der Waals surface area contributed by atoms with Gasteiger partial charge in [0.2, 0.25) is 0 Å².